The molecule has 2 aromatic carbocycles. The van der Waals surface area contributed by atoms with Gasteiger partial charge in [0.1, 0.15) is 0 Å². The van der Waals surface area contributed by atoms with Crippen molar-refractivity contribution in [3.05, 3.63) is 58.6 Å². The van der Waals surface area contributed by atoms with Gasteiger partial charge in [0, 0.05) is 69.7 Å². The largest absolute Gasteiger partial charge is 0.417 e. The number of halogens is 4. The SMILES string of the molecule is C.Cc1ccc(N2CCN(CCC(=O)N3CCC(Nc4ccc(Cl)c(C(F)(F)F)c4)CC3)CC2)cc1. The van der Waals surface area contributed by atoms with Crippen LogP contribution < -0.4 is 10.2 Å². The van der Waals surface area contributed by atoms with Crippen LogP contribution in [0.4, 0.5) is 24.5 Å². The van der Waals surface area contributed by atoms with Gasteiger partial charge in [-0.3, -0.25) is 9.69 Å². The van der Waals surface area contributed by atoms with Gasteiger partial charge in [0.05, 0.1) is 10.6 Å². The second-order valence-corrected chi connectivity index (χ2v) is 9.81. The molecule has 1 N–H and O–H groups in total. The van der Waals surface area contributed by atoms with Crippen molar-refractivity contribution >= 4 is 28.9 Å². The molecule has 1 amide bonds. The third-order valence-corrected chi connectivity index (χ3v) is 7.23. The van der Waals surface area contributed by atoms with Crippen molar-refractivity contribution in [2.45, 2.75) is 45.8 Å². The molecule has 2 aromatic rings. The lowest BCUT2D eigenvalue weighted by Gasteiger charge is -2.37. The lowest BCUT2D eigenvalue weighted by molar-refractivity contribution is -0.137. The highest BCUT2D eigenvalue weighted by atomic mass is 35.5. The lowest BCUT2D eigenvalue weighted by atomic mass is 10.0. The molecule has 36 heavy (non-hydrogen) atoms. The summed E-state index contributed by atoms with van der Waals surface area (Å²) in [7, 11) is 0. The molecule has 0 bridgehead atoms. The first-order chi connectivity index (χ1) is 16.7. The van der Waals surface area contributed by atoms with E-state index in [1.165, 1.54) is 17.3 Å². The Balaban J connectivity index is 0.00000361. The van der Waals surface area contributed by atoms with Gasteiger partial charge in [-0.25, -0.2) is 0 Å². The summed E-state index contributed by atoms with van der Waals surface area (Å²) in [5, 5.41) is 2.87. The van der Waals surface area contributed by atoms with E-state index in [4.69, 9.17) is 11.6 Å². The topological polar surface area (TPSA) is 38.8 Å². The minimum Gasteiger partial charge on any atom is -0.382 e. The molecule has 0 spiro atoms. The normalized spacial score (nSPS) is 17.6. The Hall–Kier alpha value is -2.45. The van der Waals surface area contributed by atoms with Crippen LogP contribution in [0.2, 0.25) is 5.02 Å². The second-order valence-electron chi connectivity index (χ2n) is 9.41. The van der Waals surface area contributed by atoms with E-state index >= 15 is 0 Å². The number of amides is 1. The fraction of sp³-hybridized carbons (Fsp3) is 0.519. The summed E-state index contributed by atoms with van der Waals surface area (Å²) in [4.78, 5) is 19.3. The van der Waals surface area contributed by atoms with E-state index in [2.05, 4.69) is 46.3 Å². The van der Waals surface area contributed by atoms with E-state index < -0.39 is 11.7 Å². The Labute approximate surface area is 217 Å². The number of aryl methyl sites for hydroxylation is 1. The first kappa shape index (κ1) is 28.1. The number of nitrogens with zero attached hydrogens (tertiary/aromatic N) is 3. The first-order valence-electron chi connectivity index (χ1n) is 12.1. The molecule has 0 aromatic heterocycles. The summed E-state index contributed by atoms with van der Waals surface area (Å²) in [6.45, 7) is 7.84. The Kier molecular flexibility index (Phi) is 9.53. The van der Waals surface area contributed by atoms with E-state index in [1.807, 2.05) is 4.90 Å². The number of rotatable bonds is 6. The predicted molar refractivity (Wildman–Crippen MR) is 141 cm³/mol. The summed E-state index contributed by atoms with van der Waals surface area (Å²) >= 11 is 5.71. The monoisotopic (exact) mass is 524 g/mol. The summed E-state index contributed by atoms with van der Waals surface area (Å²) in [6.07, 6.45) is -2.59. The van der Waals surface area contributed by atoms with Crippen molar-refractivity contribution in [2.24, 2.45) is 0 Å². The van der Waals surface area contributed by atoms with Gasteiger partial charge in [-0.1, -0.05) is 36.7 Å². The van der Waals surface area contributed by atoms with E-state index in [-0.39, 0.29) is 24.4 Å². The third kappa shape index (κ3) is 7.29. The van der Waals surface area contributed by atoms with Crippen LogP contribution in [0, 0.1) is 6.92 Å². The smallest absolute Gasteiger partial charge is 0.382 e. The minimum absolute atomic E-state index is 0. The molecular formula is C27H36ClF3N4O. The van der Waals surface area contributed by atoms with E-state index in [9.17, 15) is 18.0 Å². The quantitative estimate of drug-likeness (QED) is 0.509. The van der Waals surface area contributed by atoms with Gasteiger partial charge in [0.25, 0.3) is 0 Å². The third-order valence-electron chi connectivity index (χ3n) is 6.90. The Morgan fingerprint density at radius 3 is 2.25 bits per heavy atom. The van der Waals surface area contributed by atoms with Gasteiger partial charge in [-0.2, -0.15) is 13.2 Å². The Morgan fingerprint density at radius 1 is 1.00 bits per heavy atom. The maximum absolute atomic E-state index is 13.1. The van der Waals surface area contributed by atoms with Gasteiger partial charge < -0.3 is 15.1 Å². The molecule has 2 aliphatic rings. The average Bonchev–Trinajstić information content (AvgIpc) is 2.84. The number of carbonyl (C=O) groups is 1. The molecule has 2 saturated heterocycles. The van der Waals surface area contributed by atoms with Crippen molar-refractivity contribution in [1.29, 1.82) is 0 Å². The Bertz CT molecular complexity index is 999. The minimum atomic E-state index is -4.49. The van der Waals surface area contributed by atoms with Crippen LogP contribution in [0.5, 0.6) is 0 Å². The summed E-state index contributed by atoms with van der Waals surface area (Å²) in [5.41, 5.74) is 2.06. The molecule has 2 aliphatic heterocycles. The number of alkyl halides is 3. The standard InChI is InChI=1S/C26H32ClF3N4O.CH4/c1-19-2-5-22(6-3-19)33-16-14-32(15-17-33)11-10-25(35)34-12-8-20(9-13-34)31-21-4-7-24(27)23(18-21)26(28,29)30;/h2-7,18,20,31H,8-17H2,1H3;1H4. The molecule has 0 radical (unpaired) electrons. The van der Waals surface area contributed by atoms with Crippen LogP contribution in [-0.4, -0.2) is 67.6 Å². The van der Waals surface area contributed by atoms with Crippen LogP contribution in [0.1, 0.15) is 37.8 Å². The van der Waals surface area contributed by atoms with Crippen molar-refractivity contribution in [2.75, 3.05) is 56.0 Å². The number of anilines is 2. The van der Waals surface area contributed by atoms with Crippen LogP contribution in [0.3, 0.4) is 0 Å². The molecule has 2 heterocycles. The summed E-state index contributed by atoms with van der Waals surface area (Å²) in [5.74, 6) is 0.148. The second kappa shape index (κ2) is 12.2. The van der Waals surface area contributed by atoms with Crippen LogP contribution in [0.25, 0.3) is 0 Å². The number of nitrogens with one attached hydrogen (secondary N) is 1. The van der Waals surface area contributed by atoms with Gasteiger partial charge in [0.15, 0.2) is 0 Å². The first-order valence-corrected chi connectivity index (χ1v) is 12.5. The molecule has 0 unspecified atom stereocenters. The highest BCUT2D eigenvalue weighted by molar-refractivity contribution is 6.31. The lowest BCUT2D eigenvalue weighted by Crippen LogP contribution is -2.48. The molecule has 0 aliphatic carbocycles. The fourth-order valence-corrected chi connectivity index (χ4v) is 4.96. The molecular weight excluding hydrogens is 489 g/mol. The number of piperidine rings is 1. The summed E-state index contributed by atoms with van der Waals surface area (Å²) < 4.78 is 39.3. The zero-order chi connectivity index (χ0) is 25.0. The van der Waals surface area contributed by atoms with Crippen molar-refractivity contribution in [3.8, 4) is 0 Å². The van der Waals surface area contributed by atoms with E-state index in [0.717, 1.165) is 38.8 Å². The van der Waals surface area contributed by atoms with E-state index in [0.29, 0.717) is 38.0 Å². The van der Waals surface area contributed by atoms with Crippen molar-refractivity contribution in [1.82, 2.24) is 9.80 Å². The number of benzene rings is 2. The van der Waals surface area contributed by atoms with Gasteiger partial charge in [0.2, 0.25) is 5.91 Å². The Morgan fingerprint density at radius 2 is 1.64 bits per heavy atom. The van der Waals surface area contributed by atoms with E-state index in [1.54, 1.807) is 6.07 Å². The number of carbonyl (C=O) groups excluding carboxylic acids is 1. The molecule has 0 saturated carbocycles. The van der Waals surface area contributed by atoms with Crippen molar-refractivity contribution < 1.29 is 18.0 Å². The van der Waals surface area contributed by atoms with Crippen LogP contribution in [-0.2, 0) is 11.0 Å². The molecule has 5 nitrogen and oxygen atoms in total. The van der Waals surface area contributed by atoms with Crippen molar-refractivity contribution in [3.63, 3.8) is 0 Å². The molecule has 0 atom stereocenters. The molecule has 4 rings (SSSR count). The highest BCUT2D eigenvalue weighted by Crippen LogP contribution is 2.36. The molecule has 2 fully saturated rings. The average molecular weight is 525 g/mol. The maximum Gasteiger partial charge on any atom is 0.417 e. The molecule has 9 heteroatoms. The fourth-order valence-electron chi connectivity index (χ4n) is 4.74. The van der Waals surface area contributed by atoms with Gasteiger partial charge in [-0.15, -0.1) is 0 Å². The maximum atomic E-state index is 13.1. The number of hydrogen-bond acceptors (Lipinski definition) is 4. The highest BCUT2D eigenvalue weighted by Gasteiger charge is 2.33. The predicted octanol–water partition coefficient (Wildman–Crippen LogP) is 5.92. The van der Waals surface area contributed by atoms with Crippen LogP contribution >= 0.6 is 11.6 Å². The zero-order valence-electron chi connectivity index (χ0n) is 20.0. The zero-order valence-corrected chi connectivity index (χ0v) is 20.7. The molecule has 198 valence electrons. The number of hydrogen-bond donors (Lipinski definition) is 1. The van der Waals surface area contributed by atoms with Gasteiger partial charge in [-0.05, 0) is 50.1 Å². The summed E-state index contributed by atoms with van der Waals surface area (Å²) in [6, 6.07) is 12.5. The number of likely N-dealkylation sites (tertiary alicyclic amines) is 1. The number of piperazine rings is 1. The van der Waals surface area contributed by atoms with Gasteiger partial charge >= 0.3 is 6.18 Å². The van der Waals surface area contributed by atoms with Crippen LogP contribution in [0.15, 0.2) is 42.5 Å².